The summed E-state index contributed by atoms with van der Waals surface area (Å²) in [6.45, 7) is 1.54. The van der Waals surface area contributed by atoms with E-state index < -0.39 is 29.6 Å². The van der Waals surface area contributed by atoms with Gasteiger partial charge < -0.3 is 16.2 Å². The molecule has 0 saturated carbocycles. The number of rotatable bonds is 6. The van der Waals surface area contributed by atoms with E-state index in [-0.39, 0.29) is 18.4 Å². The molecule has 0 aliphatic rings. The van der Waals surface area contributed by atoms with E-state index in [4.69, 9.17) is 10.8 Å². The molecule has 0 saturated heterocycles. The number of carbonyl (C=O) groups excluding carboxylic acids is 2. The van der Waals surface area contributed by atoms with Crippen LogP contribution in [0, 0.1) is 12.7 Å². The van der Waals surface area contributed by atoms with Gasteiger partial charge in [-0.1, -0.05) is 0 Å². The van der Waals surface area contributed by atoms with Crippen molar-refractivity contribution in [2.24, 2.45) is 5.73 Å². The average Bonchev–Trinajstić information content (AvgIpc) is 2.33. The van der Waals surface area contributed by atoms with Gasteiger partial charge in [-0.3, -0.25) is 9.59 Å². The minimum atomic E-state index is -1.26. The van der Waals surface area contributed by atoms with E-state index in [1.165, 1.54) is 19.1 Å². The molecule has 0 bridgehead atoms. The number of benzene rings is 1. The summed E-state index contributed by atoms with van der Waals surface area (Å²) in [5.74, 6) is -3.04. The molecule has 0 fully saturated rings. The van der Waals surface area contributed by atoms with Gasteiger partial charge in [0.15, 0.2) is 0 Å². The van der Waals surface area contributed by atoms with Crippen molar-refractivity contribution in [3.8, 4) is 0 Å². The first-order valence-electron chi connectivity index (χ1n) is 5.89. The summed E-state index contributed by atoms with van der Waals surface area (Å²) in [7, 11) is 0. The third kappa shape index (κ3) is 4.34. The van der Waals surface area contributed by atoms with Crippen LogP contribution in [0.1, 0.15) is 28.8 Å². The lowest BCUT2D eigenvalue weighted by molar-refractivity contribution is -0.139. The number of carboxylic acid groups (broad SMARTS) is 1. The second-order valence-electron chi connectivity index (χ2n) is 4.33. The summed E-state index contributed by atoms with van der Waals surface area (Å²) in [6, 6.07) is 2.33. The topological polar surface area (TPSA) is 109 Å². The monoisotopic (exact) mass is 282 g/mol. The maximum Gasteiger partial charge on any atom is 0.326 e. The molecule has 20 heavy (non-hydrogen) atoms. The first-order chi connectivity index (χ1) is 9.31. The fourth-order valence-electron chi connectivity index (χ4n) is 1.66. The van der Waals surface area contributed by atoms with Gasteiger partial charge in [-0.25, -0.2) is 9.18 Å². The van der Waals surface area contributed by atoms with E-state index in [9.17, 15) is 18.8 Å². The zero-order valence-electron chi connectivity index (χ0n) is 10.9. The molecule has 1 aromatic rings. The molecule has 1 unspecified atom stereocenters. The van der Waals surface area contributed by atoms with Crippen LogP contribution in [-0.4, -0.2) is 28.9 Å². The van der Waals surface area contributed by atoms with Crippen LogP contribution in [-0.2, 0) is 9.59 Å². The lowest BCUT2D eigenvalue weighted by Gasteiger charge is -2.14. The highest BCUT2D eigenvalue weighted by atomic mass is 19.1. The molecule has 7 heteroatoms. The van der Waals surface area contributed by atoms with E-state index in [1.54, 1.807) is 0 Å². The molecular formula is C13H15FN2O4. The third-order valence-electron chi connectivity index (χ3n) is 2.72. The van der Waals surface area contributed by atoms with Gasteiger partial charge in [-0.2, -0.15) is 0 Å². The highest BCUT2D eigenvalue weighted by Gasteiger charge is 2.22. The number of amides is 2. The number of carboxylic acids is 1. The molecule has 0 aliphatic carbocycles. The summed E-state index contributed by atoms with van der Waals surface area (Å²) >= 11 is 0. The van der Waals surface area contributed by atoms with E-state index in [2.05, 4.69) is 5.32 Å². The van der Waals surface area contributed by atoms with Crippen molar-refractivity contribution in [3.05, 3.63) is 35.1 Å². The van der Waals surface area contributed by atoms with Crippen molar-refractivity contribution in [1.29, 1.82) is 0 Å². The minimum absolute atomic E-state index is 0.101. The van der Waals surface area contributed by atoms with Crippen molar-refractivity contribution >= 4 is 17.8 Å². The van der Waals surface area contributed by atoms with Crippen LogP contribution < -0.4 is 11.1 Å². The van der Waals surface area contributed by atoms with Crippen LogP contribution in [0.4, 0.5) is 4.39 Å². The van der Waals surface area contributed by atoms with Crippen molar-refractivity contribution in [1.82, 2.24) is 5.32 Å². The predicted molar refractivity (Wildman–Crippen MR) is 68.5 cm³/mol. The number of hydrogen-bond donors (Lipinski definition) is 3. The Labute approximate surface area is 114 Å². The van der Waals surface area contributed by atoms with Crippen LogP contribution in [0.3, 0.4) is 0 Å². The molecule has 4 N–H and O–H groups in total. The van der Waals surface area contributed by atoms with Crippen LogP contribution in [0.2, 0.25) is 0 Å². The fraction of sp³-hybridized carbons (Fsp3) is 0.308. The number of hydrogen-bond acceptors (Lipinski definition) is 3. The number of halogens is 1. The van der Waals surface area contributed by atoms with Gasteiger partial charge in [0.2, 0.25) is 5.91 Å². The highest BCUT2D eigenvalue weighted by molar-refractivity contribution is 5.97. The summed E-state index contributed by atoms with van der Waals surface area (Å²) in [4.78, 5) is 33.6. The maximum absolute atomic E-state index is 12.9. The van der Waals surface area contributed by atoms with Gasteiger partial charge in [0.05, 0.1) is 0 Å². The Hall–Kier alpha value is -2.44. The van der Waals surface area contributed by atoms with Gasteiger partial charge >= 0.3 is 5.97 Å². The largest absolute Gasteiger partial charge is 0.480 e. The second-order valence-corrected chi connectivity index (χ2v) is 4.33. The molecule has 0 aromatic heterocycles. The minimum Gasteiger partial charge on any atom is -0.480 e. The lowest BCUT2D eigenvalue weighted by atomic mass is 10.1. The van der Waals surface area contributed by atoms with Crippen molar-refractivity contribution < 1.29 is 23.9 Å². The molecule has 0 heterocycles. The lowest BCUT2D eigenvalue weighted by Crippen LogP contribution is -2.41. The first-order valence-corrected chi connectivity index (χ1v) is 5.89. The fourth-order valence-corrected chi connectivity index (χ4v) is 1.66. The summed E-state index contributed by atoms with van der Waals surface area (Å²) in [5.41, 5.74) is 5.51. The first kappa shape index (κ1) is 15.6. The van der Waals surface area contributed by atoms with Crippen molar-refractivity contribution in [3.63, 3.8) is 0 Å². The molecular weight excluding hydrogens is 267 g/mol. The number of primary amides is 1. The Morgan fingerprint density at radius 2 is 2.05 bits per heavy atom. The maximum atomic E-state index is 12.9. The van der Waals surface area contributed by atoms with Crippen LogP contribution in [0.15, 0.2) is 18.2 Å². The molecule has 1 atom stereocenters. The summed E-state index contributed by atoms with van der Waals surface area (Å²) in [6.07, 6.45) is -0.254. The Morgan fingerprint density at radius 1 is 1.40 bits per heavy atom. The predicted octanol–water partition coefficient (Wildman–Crippen LogP) is 0.583. The molecule has 0 radical (unpaired) electrons. The second kappa shape index (κ2) is 6.65. The van der Waals surface area contributed by atoms with Gasteiger partial charge in [0.1, 0.15) is 11.9 Å². The van der Waals surface area contributed by atoms with Gasteiger partial charge in [-0.15, -0.1) is 0 Å². The van der Waals surface area contributed by atoms with E-state index in [1.807, 2.05) is 0 Å². The van der Waals surface area contributed by atoms with Gasteiger partial charge in [0, 0.05) is 12.0 Å². The number of carbonyl (C=O) groups is 3. The quantitative estimate of drug-likeness (QED) is 0.709. The molecule has 6 nitrogen and oxygen atoms in total. The molecule has 1 aromatic carbocycles. The average molecular weight is 282 g/mol. The van der Waals surface area contributed by atoms with Gasteiger partial charge in [-0.05, 0) is 37.1 Å². The Morgan fingerprint density at radius 3 is 2.55 bits per heavy atom. The zero-order chi connectivity index (χ0) is 15.3. The Kier molecular flexibility index (Phi) is 5.19. The number of aliphatic carboxylic acids is 1. The zero-order valence-corrected chi connectivity index (χ0v) is 10.9. The van der Waals surface area contributed by atoms with Crippen LogP contribution >= 0.6 is 0 Å². The highest BCUT2D eigenvalue weighted by Crippen LogP contribution is 2.11. The van der Waals surface area contributed by atoms with Crippen molar-refractivity contribution in [2.45, 2.75) is 25.8 Å². The Balaban J connectivity index is 2.80. The standard InChI is InChI=1S/C13H15FN2O4/c1-7-6-8(14)2-3-9(7)12(18)16-10(13(19)20)4-5-11(15)17/h2-3,6,10H,4-5H2,1H3,(H2,15,17)(H,16,18)(H,19,20). The Bertz CT molecular complexity index is 545. The molecule has 0 aliphatic heterocycles. The normalized spacial score (nSPS) is 11.7. The van der Waals surface area contributed by atoms with E-state index in [0.717, 1.165) is 6.07 Å². The summed E-state index contributed by atoms with van der Waals surface area (Å²) < 4.78 is 12.9. The van der Waals surface area contributed by atoms with Crippen LogP contribution in [0.5, 0.6) is 0 Å². The molecule has 2 amide bonds. The third-order valence-corrected chi connectivity index (χ3v) is 2.72. The number of aryl methyl sites for hydroxylation is 1. The molecule has 0 spiro atoms. The van der Waals surface area contributed by atoms with E-state index in [0.29, 0.717) is 5.56 Å². The molecule has 108 valence electrons. The molecule has 1 rings (SSSR count). The van der Waals surface area contributed by atoms with Crippen LogP contribution in [0.25, 0.3) is 0 Å². The van der Waals surface area contributed by atoms with E-state index >= 15 is 0 Å². The number of nitrogens with two attached hydrogens (primary N) is 1. The van der Waals surface area contributed by atoms with Crippen molar-refractivity contribution in [2.75, 3.05) is 0 Å². The summed E-state index contributed by atoms with van der Waals surface area (Å²) in [5, 5.41) is 11.2. The SMILES string of the molecule is Cc1cc(F)ccc1C(=O)NC(CCC(N)=O)C(=O)O. The van der Waals surface area contributed by atoms with Gasteiger partial charge in [0.25, 0.3) is 5.91 Å². The number of nitrogens with one attached hydrogen (secondary N) is 1. The smallest absolute Gasteiger partial charge is 0.326 e.